The molecule has 0 saturated heterocycles. The number of aryl methyl sites for hydroxylation is 1. The van der Waals surface area contributed by atoms with E-state index in [0.29, 0.717) is 30.8 Å². The Kier molecular flexibility index (Phi) is 7.57. The minimum atomic E-state index is -0.865. The van der Waals surface area contributed by atoms with Crippen molar-refractivity contribution in [3.63, 3.8) is 0 Å². The lowest BCUT2D eigenvalue weighted by Crippen LogP contribution is -2.58. The van der Waals surface area contributed by atoms with Crippen LogP contribution < -0.4 is 5.32 Å². The number of fused-ring (bicyclic) bond motifs is 3. The Balaban J connectivity index is 0.000000257. The zero-order valence-corrected chi connectivity index (χ0v) is 20.7. The third-order valence-electron chi connectivity index (χ3n) is 7.26. The first-order valence-electron chi connectivity index (χ1n) is 12.5. The van der Waals surface area contributed by atoms with Crippen molar-refractivity contribution in [2.45, 2.75) is 76.9 Å². The molecule has 2 aromatic heterocycles. The maximum Gasteiger partial charge on any atom is 0.271 e. The van der Waals surface area contributed by atoms with Crippen LogP contribution in [0.25, 0.3) is 11.1 Å². The molecule has 3 aromatic rings. The Morgan fingerprint density at radius 3 is 2.47 bits per heavy atom. The van der Waals surface area contributed by atoms with Crippen LogP contribution in [0, 0.1) is 6.92 Å². The van der Waals surface area contributed by atoms with Crippen molar-refractivity contribution in [3.05, 3.63) is 59.5 Å². The molecular formula is C28H37N3O3. The van der Waals surface area contributed by atoms with Crippen LogP contribution in [0.15, 0.2) is 46.9 Å². The summed E-state index contributed by atoms with van der Waals surface area (Å²) in [6, 6.07) is 14.5. The average molecular weight is 464 g/mol. The summed E-state index contributed by atoms with van der Waals surface area (Å²) in [5, 5.41) is 3.34. The number of benzene rings is 1. The summed E-state index contributed by atoms with van der Waals surface area (Å²) >= 11 is 0. The van der Waals surface area contributed by atoms with Crippen LogP contribution in [0.3, 0.4) is 0 Å². The number of hydrogen-bond donors (Lipinski definition) is 1. The molecule has 1 fully saturated rings. The normalized spacial score (nSPS) is 21.0. The maximum atomic E-state index is 13.1. The summed E-state index contributed by atoms with van der Waals surface area (Å²) in [7, 11) is 2.08. The molecule has 1 aromatic carbocycles. The summed E-state index contributed by atoms with van der Waals surface area (Å²) in [4.78, 5) is 26.6. The van der Waals surface area contributed by atoms with Gasteiger partial charge < -0.3 is 24.0 Å². The highest BCUT2D eigenvalue weighted by Gasteiger charge is 2.42. The summed E-state index contributed by atoms with van der Waals surface area (Å²) in [5.41, 5.74) is 2.43. The van der Waals surface area contributed by atoms with E-state index in [1.54, 1.807) is 11.0 Å². The van der Waals surface area contributed by atoms with Gasteiger partial charge in [-0.05, 0) is 45.7 Å². The largest absolute Gasteiger partial charge is 0.460 e. The lowest BCUT2D eigenvalue weighted by atomic mass is 9.97. The number of aldehydes is 1. The van der Waals surface area contributed by atoms with E-state index in [9.17, 15) is 9.59 Å². The summed E-state index contributed by atoms with van der Waals surface area (Å²) in [5.74, 6) is 0.674. The van der Waals surface area contributed by atoms with Gasteiger partial charge in [-0.2, -0.15) is 0 Å². The zero-order valence-electron chi connectivity index (χ0n) is 20.7. The highest BCUT2D eigenvalue weighted by molar-refractivity contribution is 6.00. The fourth-order valence-corrected chi connectivity index (χ4v) is 5.20. The van der Waals surface area contributed by atoms with Gasteiger partial charge in [-0.15, -0.1) is 0 Å². The highest BCUT2D eigenvalue weighted by Crippen LogP contribution is 2.32. The van der Waals surface area contributed by atoms with Gasteiger partial charge in [0.1, 0.15) is 23.3 Å². The molecule has 1 saturated carbocycles. The van der Waals surface area contributed by atoms with Crippen LogP contribution in [0.2, 0.25) is 0 Å². The van der Waals surface area contributed by atoms with Gasteiger partial charge in [0.2, 0.25) is 0 Å². The first-order chi connectivity index (χ1) is 16.4. The number of nitrogens with one attached hydrogen (secondary N) is 1. The van der Waals surface area contributed by atoms with Gasteiger partial charge in [0.25, 0.3) is 5.91 Å². The molecule has 1 unspecified atom stereocenters. The quantitative estimate of drug-likeness (QED) is 0.421. The molecule has 6 heteroatoms. The second-order valence-electron chi connectivity index (χ2n) is 9.87. The van der Waals surface area contributed by atoms with Crippen LogP contribution in [0.4, 0.5) is 0 Å². The Morgan fingerprint density at radius 2 is 1.82 bits per heavy atom. The zero-order chi connectivity index (χ0) is 24.1. The van der Waals surface area contributed by atoms with Crippen LogP contribution in [0.5, 0.6) is 0 Å². The van der Waals surface area contributed by atoms with E-state index >= 15 is 0 Å². The summed E-state index contributed by atoms with van der Waals surface area (Å²) in [6.07, 6.45) is 10.2. The van der Waals surface area contributed by atoms with Crippen LogP contribution in [-0.4, -0.2) is 46.8 Å². The SMILES string of the molecule is CNC1CCCCCC1.Cc1cc2c(cc3n2CC(C)(C=O)N(CCc2ccccc2)C3=O)o1. The van der Waals surface area contributed by atoms with Gasteiger partial charge in [0.15, 0.2) is 5.58 Å². The molecule has 1 aliphatic heterocycles. The maximum absolute atomic E-state index is 13.1. The second-order valence-corrected chi connectivity index (χ2v) is 9.87. The number of nitrogens with zero attached hydrogens (tertiary/aromatic N) is 2. The Bertz CT molecular complexity index is 1110. The molecule has 1 atom stereocenters. The standard InChI is InChI=1S/C20H20N2O3.C8H17N/c1-14-10-16-18(25-14)11-17-19(24)22(20(2,13-23)12-21(16)17)9-8-15-6-4-3-5-7-15;1-9-8-6-4-2-3-5-7-8/h3-7,10-11,13H,8-9,12H2,1-2H3;8-9H,2-7H2,1H3. The smallest absolute Gasteiger partial charge is 0.271 e. The Labute approximate surface area is 202 Å². The Hall–Kier alpha value is -2.86. The van der Waals surface area contributed by atoms with Crippen LogP contribution in [0.1, 0.15) is 67.3 Å². The van der Waals surface area contributed by atoms with E-state index in [2.05, 4.69) is 12.4 Å². The van der Waals surface area contributed by atoms with Gasteiger partial charge in [0, 0.05) is 24.7 Å². The van der Waals surface area contributed by atoms with Gasteiger partial charge in [-0.25, -0.2) is 0 Å². The molecule has 34 heavy (non-hydrogen) atoms. The number of hydrogen-bond acceptors (Lipinski definition) is 4. The van der Waals surface area contributed by atoms with Gasteiger partial charge >= 0.3 is 0 Å². The number of furan rings is 1. The molecule has 0 spiro atoms. The van der Waals surface area contributed by atoms with Crippen molar-refractivity contribution in [2.24, 2.45) is 0 Å². The van der Waals surface area contributed by atoms with Crippen molar-refractivity contribution in [1.29, 1.82) is 0 Å². The molecule has 1 amide bonds. The van der Waals surface area contributed by atoms with Gasteiger partial charge in [-0.3, -0.25) is 4.79 Å². The third kappa shape index (κ3) is 5.12. The van der Waals surface area contributed by atoms with Crippen molar-refractivity contribution in [3.8, 4) is 0 Å². The molecule has 1 N–H and O–H groups in total. The highest BCUT2D eigenvalue weighted by atomic mass is 16.3. The van der Waals surface area contributed by atoms with Crippen LogP contribution in [-0.2, 0) is 17.8 Å². The first kappa shape index (κ1) is 24.3. The number of rotatable bonds is 5. The predicted octanol–water partition coefficient (Wildman–Crippen LogP) is 5.13. The lowest BCUT2D eigenvalue weighted by Gasteiger charge is -2.41. The monoisotopic (exact) mass is 463 g/mol. The molecule has 1 aliphatic carbocycles. The predicted molar refractivity (Wildman–Crippen MR) is 135 cm³/mol. The van der Waals surface area contributed by atoms with Crippen molar-refractivity contribution < 1.29 is 14.0 Å². The van der Waals surface area contributed by atoms with E-state index in [0.717, 1.165) is 29.2 Å². The minimum absolute atomic E-state index is 0.124. The second kappa shape index (κ2) is 10.6. The van der Waals surface area contributed by atoms with E-state index in [4.69, 9.17) is 4.42 Å². The van der Waals surface area contributed by atoms with Gasteiger partial charge in [-0.1, -0.05) is 56.0 Å². The van der Waals surface area contributed by atoms with Crippen LogP contribution >= 0.6 is 0 Å². The van der Waals surface area contributed by atoms with E-state index < -0.39 is 5.54 Å². The molecule has 5 rings (SSSR count). The summed E-state index contributed by atoms with van der Waals surface area (Å²) < 4.78 is 7.56. The number of carbonyl (C=O) groups excluding carboxylic acids is 2. The Morgan fingerprint density at radius 1 is 1.12 bits per heavy atom. The van der Waals surface area contributed by atoms with Crippen molar-refractivity contribution in [2.75, 3.05) is 13.6 Å². The van der Waals surface area contributed by atoms with E-state index in [1.807, 2.05) is 54.8 Å². The minimum Gasteiger partial charge on any atom is -0.460 e. The number of amides is 1. The molecular weight excluding hydrogens is 426 g/mol. The number of aromatic nitrogens is 1. The molecule has 0 radical (unpaired) electrons. The molecule has 3 heterocycles. The fourth-order valence-electron chi connectivity index (χ4n) is 5.20. The first-order valence-corrected chi connectivity index (χ1v) is 12.5. The fraction of sp³-hybridized carbons (Fsp3) is 0.500. The van der Waals surface area contributed by atoms with Gasteiger partial charge in [0.05, 0.1) is 12.1 Å². The third-order valence-corrected chi connectivity index (χ3v) is 7.26. The van der Waals surface area contributed by atoms with Crippen molar-refractivity contribution >= 4 is 23.3 Å². The lowest BCUT2D eigenvalue weighted by molar-refractivity contribution is -0.117. The molecule has 6 nitrogen and oxygen atoms in total. The van der Waals surface area contributed by atoms with E-state index in [-0.39, 0.29) is 5.91 Å². The average Bonchev–Trinajstić information content (AvgIpc) is 3.23. The molecule has 0 bridgehead atoms. The van der Waals surface area contributed by atoms with E-state index in [1.165, 1.54) is 38.5 Å². The van der Waals surface area contributed by atoms with Crippen molar-refractivity contribution in [1.82, 2.24) is 14.8 Å². The molecule has 2 aliphatic rings. The molecule has 182 valence electrons. The summed E-state index contributed by atoms with van der Waals surface area (Å²) in [6.45, 7) is 4.64. The number of carbonyl (C=O) groups is 2. The topological polar surface area (TPSA) is 67.5 Å².